The molecule has 0 saturated heterocycles. The van der Waals surface area contributed by atoms with E-state index >= 15 is 0 Å². The Balaban J connectivity index is 2.24. The van der Waals surface area contributed by atoms with E-state index in [0.717, 1.165) is 9.13 Å². The number of para-hydroxylation sites is 1. The summed E-state index contributed by atoms with van der Waals surface area (Å²) in [5, 5.41) is 11.0. The minimum atomic E-state index is -0.364. The highest BCUT2D eigenvalue weighted by Gasteiger charge is 2.16. The fourth-order valence-electron chi connectivity index (χ4n) is 1.95. The van der Waals surface area contributed by atoms with Crippen LogP contribution in [0.4, 0.5) is 5.69 Å². The molecule has 1 unspecified atom stereocenters. The molecule has 19 heavy (non-hydrogen) atoms. The van der Waals surface area contributed by atoms with Gasteiger partial charge in [0, 0.05) is 21.2 Å². The maximum Gasteiger partial charge on any atom is 0.272 e. The van der Waals surface area contributed by atoms with Gasteiger partial charge >= 0.3 is 0 Å². The largest absolute Gasteiger partial charge is 0.324 e. The van der Waals surface area contributed by atoms with E-state index in [1.54, 1.807) is 18.2 Å². The highest BCUT2D eigenvalue weighted by atomic mass is 127. The van der Waals surface area contributed by atoms with Gasteiger partial charge in [-0.3, -0.25) is 10.1 Å². The molecule has 2 rings (SSSR count). The summed E-state index contributed by atoms with van der Waals surface area (Å²) < 4.78 is 1.10. The molecule has 0 amide bonds. The Kier molecular flexibility index (Phi) is 4.49. The number of nitro groups is 1. The van der Waals surface area contributed by atoms with Crippen molar-refractivity contribution in [2.45, 2.75) is 12.5 Å². The van der Waals surface area contributed by atoms with Crippen molar-refractivity contribution in [3.63, 3.8) is 0 Å². The van der Waals surface area contributed by atoms with Crippen LogP contribution in [-0.2, 0) is 6.42 Å². The Bertz CT molecular complexity index is 602. The lowest BCUT2D eigenvalue weighted by molar-refractivity contribution is -0.385. The molecule has 0 spiro atoms. The zero-order valence-electron chi connectivity index (χ0n) is 10.1. The molecule has 0 aromatic heterocycles. The smallest absolute Gasteiger partial charge is 0.272 e. The molecule has 0 aliphatic rings. The van der Waals surface area contributed by atoms with Crippen molar-refractivity contribution in [2.24, 2.45) is 5.73 Å². The molecule has 0 aliphatic heterocycles. The summed E-state index contributed by atoms with van der Waals surface area (Å²) in [4.78, 5) is 10.6. The van der Waals surface area contributed by atoms with Crippen LogP contribution in [-0.4, -0.2) is 4.92 Å². The summed E-state index contributed by atoms with van der Waals surface area (Å²) in [7, 11) is 0. The van der Waals surface area contributed by atoms with Crippen molar-refractivity contribution in [2.75, 3.05) is 0 Å². The lowest BCUT2D eigenvalue weighted by Crippen LogP contribution is -2.14. The second kappa shape index (κ2) is 6.12. The van der Waals surface area contributed by atoms with Crippen molar-refractivity contribution in [3.8, 4) is 0 Å². The monoisotopic (exact) mass is 368 g/mol. The molecule has 5 heteroatoms. The molecule has 0 fully saturated rings. The van der Waals surface area contributed by atoms with Crippen molar-refractivity contribution >= 4 is 28.3 Å². The molecule has 4 nitrogen and oxygen atoms in total. The highest BCUT2D eigenvalue weighted by Crippen LogP contribution is 2.24. The van der Waals surface area contributed by atoms with Gasteiger partial charge in [0.1, 0.15) is 0 Å². The van der Waals surface area contributed by atoms with Gasteiger partial charge in [0.05, 0.1) is 4.92 Å². The predicted octanol–water partition coefficient (Wildman–Crippen LogP) is 3.44. The van der Waals surface area contributed by atoms with E-state index in [1.165, 1.54) is 6.07 Å². The topological polar surface area (TPSA) is 69.2 Å². The normalized spacial score (nSPS) is 12.1. The fourth-order valence-corrected chi connectivity index (χ4v) is 2.52. The van der Waals surface area contributed by atoms with Crippen LogP contribution in [0.15, 0.2) is 48.5 Å². The van der Waals surface area contributed by atoms with Crippen LogP contribution < -0.4 is 5.73 Å². The number of nitro benzene ring substituents is 1. The summed E-state index contributed by atoms with van der Waals surface area (Å²) in [5.41, 5.74) is 7.92. The van der Waals surface area contributed by atoms with E-state index in [4.69, 9.17) is 5.73 Å². The number of nitrogens with two attached hydrogens (primary N) is 1. The van der Waals surface area contributed by atoms with Gasteiger partial charge in [-0.1, -0.05) is 30.3 Å². The lowest BCUT2D eigenvalue weighted by Gasteiger charge is -2.12. The number of nitrogens with zero attached hydrogens (tertiary/aromatic N) is 1. The fraction of sp³-hybridized carbons (Fsp3) is 0.143. The molecule has 0 saturated carbocycles. The molecule has 2 aromatic rings. The summed E-state index contributed by atoms with van der Waals surface area (Å²) in [6.07, 6.45) is 0.456. The van der Waals surface area contributed by atoms with Crippen LogP contribution in [0.1, 0.15) is 17.2 Å². The molecule has 2 N–H and O–H groups in total. The van der Waals surface area contributed by atoms with Crippen molar-refractivity contribution < 1.29 is 4.92 Å². The standard InChI is InChI=1S/C14H13IN2O2/c15-12-6-3-5-10(8-12)13(16)9-11-4-1-2-7-14(11)17(18)19/h1-8,13H,9,16H2. The summed E-state index contributed by atoms with van der Waals surface area (Å²) in [6, 6.07) is 14.4. The zero-order valence-corrected chi connectivity index (χ0v) is 12.3. The maximum atomic E-state index is 11.0. The van der Waals surface area contributed by atoms with Crippen molar-refractivity contribution in [1.82, 2.24) is 0 Å². The van der Waals surface area contributed by atoms with Gasteiger partial charge in [-0.25, -0.2) is 0 Å². The third-order valence-corrected chi connectivity index (χ3v) is 3.58. The van der Waals surface area contributed by atoms with Crippen LogP contribution >= 0.6 is 22.6 Å². The van der Waals surface area contributed by atoms with E-state index in [-0.39, 0.29) is 16.7 Å². The Morgan fingerprint density at radius 1 is 1.21 bits per heavy atom. The third-order valence-electron chi connectivity index (χ3n) is 2.90. The van der Waals surface area contributed by atoms with Crippen molar-refractivity contribution in [3.05, 3.63) is 73.3 Å². The second-order valence-electron chi connectivity index (χ2n) is 4.25. The van der Waals surface area contributed by atoms with E-state index < -0.39 is 0 Å². The first-order valence-electron chi connectivity index (χ1n) is 5.81. The Hall–Kier alpha value is -1.47. The maximum absolute atomic E-state index is 11.0. The molecule has 0 heterocycles. The van der Waals surface area contributed by atoms with Crippen LogP contribution in [0.3, 0.4) is 0 Å². The van der Waals surface area contributed by atoms with Crippen LogP contribution in [0.2, 0.25) is 0 Å². The molecule has 2 aromatic carbocycles. The van der Waals surface area contributed by atoms with Crippen LogP contribution in [0.5, 0.6) is 0 Å². The number of rotatable bonds is 4. The molecule has 0 radical (unpaired) electrons. The Morgan fingerprint density at radius 2 is 1.95 bits per heavy atom. The van der Waals surface area contributed by atoms with Gasteiger partial charge in [-0.2, -0.15) is 0 Å². The van der Waals surface area contributed by atoms with Gasteiger partial charge < -0.3 is 5.73 Å². The third kappa shape index (κ3) is 3.51. The first-order valence-corrected chi connectivity index (χ1v) is 6.89. The number of benzene rings is 2. The molecule has 1 atom stereocenters. The van der Waals surface area contributed by atoms with Gasteiger partial charge in [-0.05, 0) is 46.7 Å². The number of halogens is 1. The molecule has 0 bridgehead atoms. The van der Waals surface area contributed by atoms with Gasteiger partial charge in [0.25, 0.3) is 5.69 Å². The molecular weight excluding hydrogens is 355 g/mol. The molecule has 0 aliphatic carbocycles. The second-order valence-corrected chi connectivity index (χ2v) is 5.50. The van der Waals surface area contributed by atoms with E-state index in [2.05, 4.69) is 22.6 Å². The van der Waals surface area contributed by atoms with Crippen LogP contribution in [0.25, 0.3) is 0 Å². The zero-order chi connectivity index (χ0) is 13.8. The first-order chi connectivity index (χ1) is 9.08. The molecular formula is C14H13IN2O2. The van der Waals surface area contributed by atoms with Crippen LogP contribution in [0, 0.1) is 13.7 Å². The van der Waals surface area contributed by atoms with Gasteiger partial charge in [-0.15, -0.1) is 0 Å². The summed E-state index contributed by atoms with van der Waals surface area (Å²) >= 11 is 2.22. The molecule has 98 valence electrons. The summed E-state index contributed by atoms with van der Waals surface area (Å²) in [6.45, 7) is 0. The summed E-state index contributed by atoms with van der Waals surface area (Å²) in [5.74, 6) is 0. The predicted molar refractivity (Wildman–Crippen MR) is 82.9 cm³/mol. The lowest BCUT2D eigenvalue weighted by atomic mass is 9.99. The number of hydrogen-bond acceptors (Lipinski definition) is 3. The quantitative estimate of drug-likeness (QED) is 0.511. The van der Waals surface area contributed by atoms with E-state index in [1.807, 2.05) is 24.3 Å². The average Bonchev–Trinajstić information content (AvgIpc) is 2.39. The Morgan fingerprint density at radius 3 is 2.63 bits per heavy atom. The average molecular weight is 368 g/mol. The number of hydrogen-bond donors (Lipinski definition) is 1. The van der Waals surface area contributed by atoms with Crippen molar-refractivity contribution in [1.29, 1.82) is 0 Å². The van der Waals surface area contributed by atoms with Gasteiger partial charge in [0.2, 0.25) is 0 Å². The highest BCUT2D eigenvalue weighted by molar-refractivity contribution is 14.1. The van der Waals surface area contributed by atoms with Gasteiger partial charge in [0.15, 0.2) is 0 Å². The Labute approximate surface area is 124 Å². The first kappa shape index (κ1) is 14.0. The minimum absolute atomic E-state index is 0.128. The van der Waals surface area contributed by atoms with E-state index in [0.29, 0.717) is 12.0 Å². The minimum Gasteiger partial charge on any atom is -0.324 e. The van der Waals surface area contributed by atoms with E-state index in [9.17, 15) is 10.1 Å². The SMILES string of the molecule is NC(Cc1ccccc1[N+](=O)[O-])c1cccc(I)c1.